The molecule has 0 spiro atoms. The highest BCUT2D eigenvalue weighted by atomic mass is 16.4. The minimum atomic E-state index is -2.13. The molecule has 0 saturated carbocycles. The number of aliphatic carboxylic acids is 6. The van der Waals surface area contributed by atoms with E-state index in [2.05, 4.69) is 42.5 Å². The molecule has 0 bridgehead atoms. The molecule has 0 heterocycles. The van der Waals surface area contributed by atoms with E-state index in [4.69, 9.17) is 22.3 Å². The average Bonchev–Trinajstić information content (AvgIpc) is 3.48. The summed E-state index contributed by atoms with van der Waals surface area (Å²) in [5.41, 5.74) is 17.9. The molecule has 0 radical (unpaired) electrons. The summed E-state index contributed by atoms with van der Waals surface area (Å²) in [6.07, 6.45) is -5.94. The van der Waals surface area contributed by atoms with Gasteiger partial charge in [-0.1, -0.05) is 60.7 Å². The van der Waals surface area contributed by atoms with Crippen LogP contribution < -0.4 is 59.7 Å². The molecule has 2 rings (SSSR count). The summed E-state index contributed by atoms with van der Waals surface area (Å²) in [6.45, 7) is 0.255. The zero-order valence-electron chi connectivity index (χ0n) is 44.4. The Morgan fingerprint density at radius 1 is 0.341 bits per heavy atom. The van der Waals surface area contributed by atoms with Crippen LogP contribution in [0.4, 0.5) is 0 Å². The van der Waals surface area contributed by atoms with E-state index in [0.717, 1.165) is 0 Å². The third-order valence-corrected chi connectivity index (χ3v) is 12.0. The second-order valence-corrected chi connectivity index (χ2v) is 18.7. The van der Waals surface area contributed by atoms with Gasteiger partial charge in [-0.25, -0.2) is 4.79 Å². The van der Waals surface area contributed by atoms with Crippen molar-refractivity contribution in [1.29, 1.82) is 0 Å². The maximum Gasteiger partial charge on any atom is 0.326 e. The molecule has 0 aliphatic heterocycles. The Kier molecular flexibility index (Phi) is 30.5. The number of carboxylic acids is 6. The number of benzene rings is 2. The topological polar surface area (TPSA) is 535 Å². The van der Waals surface area contributed by atoms with Gasteiger partial charge in [0.2, 0.25) is 47.3 Å². The van der Waals surface area contributed by atoms with Gasteiger partial charge in [-0.15, -0.1) is 0 Å². The van der Waals surface area contributed by atoms with Gasteiger partial charge in [0.1, 0.15) is 48.3 Å². The standard InChI is InChI=1S/C51H71N11O20/c52-19-9-7-15-30(55-47(77)33(21-27-11-3-1-4-12-27)58-43(73)29(54)23-39(65)66)44(74)60-35(24-40(67)68)49(79)57-32(17-18-38(63)64)46(76)61-36(25-41(69)70)50(80)59-34(22-28-13-5-2-6-14-28)48(78)56-31(16-8-10-20-53)45(75)62-37(51(81)82)26-42(71)72/h1-6,11-14,29-37H,7-10,15-26,52-54H2,(H,55,77)(H,56,78)(H,57,79)(H,58,73)(H,59,80)(H,60,74)(H,61,76)(H,62,75)(H,63,64)(H,65,66)(H,67,68)(H,69,70)(H,71,72)(H,81,82)/t29-,30-,31-,32-,33-,34-,35-,36-,37-/m0/s1. The number of rotatable bonds is 40. The van der Waals surface area contributed by atoms with Gasteiger partial charge in [0.05, 0.1) is 31.7 Å². The minimum Gasteiger partial charge on any atom is -0.481 e. The van der Waals surface area contributed by atoms with Gasteiger partial charge in [-0.3, -0.25) is 62.3 Å². The first-order valence-corrected chi connectivity index (χ1v) is 25.7. The van der Waals surface area contributed by atoms with E-state index in [1.807, 2.05) is 0 Å². The van der Waals surface area contributed by atoms with Crippen LogP contribution in [0.3, 0.4) is 0 Å². The third kappa shape index (κ3) is 26.7. The van der Waals surface area contributed by atoms with Crippen molar-refractivity contribution >= 4 is 83.1 Å². The van der Waals surface area contributed by atoms with E-state index in [-0.39, 0.29) is 58.0 Å². The normalized spacial score (nSPS) is 14.1. The number of carboxylic acid groups (broad SMARTS) is 6. The maximum absolute atomic E-state index is 14.1. The summed E-state index contributed by atoms with van der Waals surface area (Å²) < 4.78 is 0. The van der Waals surface area contributed by atoms with E-state index in [0.29, 0.717) is 17.5 Å². The van der Waals surface area contributed by atoms with Crippen molar-refractivity contribution in [2.24, 2.45) is 17.2 Å². The fraction of sp³-hybridized carbons (Fsp3) is 0.490. The lowest BCUT2D eigenvalue weighted by atomic mass is 10.0. The highest BCUT2D eigenvalue weighted by molar-refractivity contribution is 6.00. The molecule has 20 N–H and O–H groups in total. The first-order valence-electron chi connectivity index (χ1n) is 25.7. The largest absolute Gasteiger partial charge is 0.481 e. The monoisotopic (exact) mass is 1160 g/mol. The molecular weight excluding hydrogens is 1090 g/mol. The molecular formula is C51H71N11O20. The number of hydrogen-bond donors (Lipinski definition) is 17. The summed E-state index contributed by atoms with van der Waals surface area (Å²) in [6, 6.07) is -0.201. The second kappa shape index (κ2) is 36.2. The average molecular weight is 1160 g/mol. The lowest BCUT2D eigenvalue weighted by Gasteiger charge is -2.27. The number of amides is 8. The summed E-state index contributed by atoms with van der Waals surface area (Å²) >= 11 is 0. The summed E-state index contributed by atoms with van der Waals surface area (Å²) in [5.74, 6) is -19.3. The lowest BCUT2D eigenvalue weighted by Crippen LogP contribution is -2.61. The van der Waals surface area contributed by atoms with Crippen molar-refractivity contribution in [2.45, 2.75) is 144 Å². The van der Waals surface area contributed by atoms with Crippen LogP contribution in [0.15, 0.2) is 60.7 Å². The number of nitrogens with one attached hydrogen (secondary N) is 8. The molecule has 0 unspecified atom stereocenters. The zero-order chi connectivity index (χ0) is 61.5. The van der Waals surface area contributed by atoms with Gasteiger partial charge in [0, 0.05) is 19.3 Å². The molecule has 2 aromatic carbocycles. The van der Waals surface area contributed by atoms with E-state index in [1.54, 1.807) is 48.5 Å². The summed E-state index contributed by atoms with van der Waals surface area (Å²) in [4.78, 5) is 181. The van der Waals surface area contributed by atoms with E-state index in [1.165, 1.54) is 12.1 Å². The Morgan fingerprint density at radius 2 is 0.634 bits per heavy atom. The highest BCUT2D eigenvalue weighted by Crippen LogP contribution is 2.12. The van der Waals surface area contributed by atoms with Gasteiger partial charge < -0.3 is 90.4 Å². The third-order valence-electron chi connectivity index (χ3n) is 12.0. The molecule has 31 nitrogen and oxygen atoms in total. The predicted octanol–water partition coefficient (Wildman–Crippen LogP) is -4.22. The molecule has 31 heteroatoms. The van der Waals surface area contributed by atoms with Crippen LogP contribution in [0.25, 0.3) is 0 Å². The molecule has 0 aromatic heterocycles. The smallest absolute Gasteiger partial charge is 0.326 e. The molecule has 0 saturated heterocycles. The Balaban J connectivity index is 2.51. The molecule has 9 atom stereocenters. The van der Waals surface area contributed by atoms with Crippen molar-refractivity contribution in [3.8, 4) is 0 Å². The van der Waals surface area contributed by atoms with Crippen LogP contribution in [0.1, 0.15) is 88.2 Å². The van der Waals surface area contributed by atoms with Crippen molar-refractivity contribution in [1.82, 2.24) is 42.5 Å². The second-order valence-electron chi connectivity index (χ2n) is 18.7. The Hall–Kier alpha value is -9.10. The Morgan fingerprint density at radius 3 is 0.976 bits per heavy atom. The SMILES string of the molecule is NCCCC[C@H](NC(=O)[C@H](Cc1ccccc1)NC(=O)[C@H](CC(=O)O)NC(=O)[C@H](CCC(=O)O)NC(=O)[C@H](CC(=O)O)NC(=O)[C@H](CCCCN)NC(=O)[C@H](Cc1ccccc1)NC(=O)[C@@H](N)CC(=O)O)C(=O)N[C@@H](CC(=O)O)C(=O)O. The Labute approximate surface area is 468 Å². The van der Waals surface area contributed by atoms with Crippen molar-refractivity contribution < 1.29 is 97.8 Å². The number of carbonyl (C=O) groups excluding carboxylic acids is 8. The van der Waals surface area contributed by atoms with Gasteiger partial charge in [0.25, 0.3) is 0 Å². The van der Waals surface area contributed by atoms with Crippen LogP contribution in [0.5, 0.6) is 0 Å². The lowest BCUT2D eigenvalue weighted by molar-refractivity contribution is -0.147. The van der Waals surface area contributed by atoms with E-state index >= 15 is 0 Å². The highest BCUT2D eigenvalue weighted by Gasteiger charge is 2.37. The van der Waals surface area contributed by atoms with Gasteiger partial charge in [0.15, 0.2) is 0 Å². The van der Waals surface area contributed by atoms with Crippen LogP contribution in [0, 0.1) is 0 Å². The number of carbonyl (C=O) groups is 14. The quantitative estimate of drug-likeness (QED) is 0.0281. The van der Waals surface area contributed by atoms with Gasteiger partial charge in [-0.2, -0.15) is 0 Å². The van der Waals surface area contributed by atoms with Gasteiger partial charge in [-0.05, 0) is 69.2 Å². The molecule has 450 valence electrons. The summed E-state index contributed by atoms with van der Waals surface area (Å²) in [7, 11) is 0. The Bertz CT molecular complexity index is 2560. The van der Waals surface area contributed by atoms with Crippen LogP contribution in [0.2, 0.25) is 0 Å². The fourth-order valence-electron chi connectivity index (χ4n) is 7.79. The predicted molar refractivity (Wildman–Crippen MR) is 283 cm³/mol. The molecule has 2 aromatic rings. The molecule has 82 heavy (non-hydrogen) atoms. The molecule has 0 fully saturated rings. The van der Waals surface area contributed by atoms with Gasteiger partial charge >= 0.3 is 35.8 Å². The van der Waals surface area contributed by atoms with E-state index in [9.17, 15) is 92.7 Å². The van der Waals surface area contributed by atoms with Crippen LogP contribution in [-0.2, 0) is 80.0 Å². The number of hydrogen-bond acceptors (Lipinski definition) is 17. The van der Waals surface area contributed by atoms with Crippen LogP contribution in [-0.4, -0.2) is 181 Å². The first kappa shape index (κ1) is 69.0. The molecule has 0 aliphatic carbocycles. The molecule has 8 amide bonds. The zero-order valence-corrected chi connectivity index (χ0v) is 44.4. The van der Waals surface area contributed by atoms with Crippen molar-refractivity contribution in [3.05, 3.63) is 71.8 Å². The maximum atomic E-state index is 14.1. The van der Waals surface area contributed by atoms with Crippen molar-refractivity contribution in [3.63, 3.8) is 0 Å². The minimum absolute atomic E-state index is 0.117. The number of unbranched alkanes of at least 4 members (excludes halogenated alkanes) is 2. The van der Waals surface area contributed by atoms with Crippen LogP contribution >= 0.6 is 0 Å². The summed E-state index contributed by atoms with van der Waals surface area (Å²) in [5, 5.41) is 75.2. The fourth-order valence-corrected chi connectivity index (χ4v) is 7.79. The number of nitrogens with two attached hydrogens (primary N) is 3. The van der Waals surface area contributed by atoms with Crippen molar-refractivity contribution in [2.75, 3.05) is 13.1 Å². The first-order chi connectivity index (χ1) is 38.7. The van der Waals surface area contributed by atoms with E-state index < -0.39 is 176 Å². The molecule has 0 aliphatic rings.